The number of nitrogen functional groups attached to an aromatic ring is 1. The Morgan fingerprint density at radius 3 is 2.82 bits per heavy atom. The van der Waals surface area contributed by atoms with E-state index < -0.39 is 0 Å². The highest BCUT2D eigenvalue weighted by atomic mass is 16.5. The zero-order chi connectivity index (χ0) is 12.5. The second-order valence-corrected chi connectivity index (χ2v) is 5.01. The first-order valence-electron chi connectivity index (χ1n) is 5.73. The van der Waals surface area contributed by atoms with Crippen LogP contribution in [-0.4, -0.2) is 25.7 Å². The molecule has 1 amide bonds. The topological polar surface area (TPSA) is 64.4 Å². The molecule has 1 aromatic carbocycles. The largest absolute Gasteiger partial charge is 0.398 e. The molecule has 1 aromatic rings. The molecule has 3 N–H and O–H groups in total. The molecule has 1 saturated heterocycles. The van der Waals surface area contributed by atoms with E-state index in [4.69, 9.17) is 10.5 Å². The molecule has 1 fully saturated rings. The minimum Gasteiger partial charge on any atom is -0.398 e. The molecule has 0 spiro atoms. The summed E-state index contributed by atoms with van der Waals surface area (Å²) in [6, 6.07) is 5.39. The van der Waals surface area contributed by atoms with Crippen molar-refractivity contribution in [2.75, 3.05) is 25.5 Å². The predicted molar refractivity (Wildman–Crippen MR) is 66.9 cm³/mol. The Kier molecular flexibility index (Phi) is 3.07. The van der Waals surface area contributed by atoms with Crippen molar-refractivity contribution in [1.82, 2.24) is 5.32 Å². The van der Waals surface area contributed by atoms with E-state index in [0.29, 0.717) is 31.0 Å². The molecule has 1 heterocycles. The smallest absolute Gasteiger partial charge is 0.251 e. The maximum Gasteiger partial charge on any atom is 0.251 e. The van der Waals surface area contributed by atoms with E-state index in [1.54, 1.807) is 18.2 Å². The fourth-order valence-corrected chi connectivity index (χ4v) is 1.84. The third kappa shape index (κ3) is 2.42. The molecule has 0 saturated carbocycles. The first-order chi connectivity index (χ1) is 8.02. The molecule has 4 nitrogen and oxygen atoms in total. The second kappa shape index (κ2) is 4.37. The van der Waals surface area contributed by atoms with Crippen LogP contribution >= 0.6 is 0 Å². The van der Waals surface area contributed by atoms with Crippen LogP contribution in [0.25, 0.3) is 0 Å². The van der Waals surface area contributed by atoms with E-state index in [1.807, 2.05) is 6.92 Å². The lowest BCUT2D eigenvalue weighted by atomic mass is 9.88. The molecule has 0 radical (unpaired) electrons. The lowest BCUT2D eigenvalue weighted by Gasteiger charge is -2.38. The molecule has 0 atom stereocenters. The summed E-state index contributed by atoms with van der Waals surface area (Å²) in [6.07, 6.45) is 0. The van der Waals surface area contributed by atoms with Crippen molar-refractivity contribution in [3.63, 3.8) is 0 Å². The van der Waals surface area contributed by atoms with Crippen LogP contribution < -0.4 is 11.1 Å². The Labute approximate surface area is 101 Å². The number of nitrogens with one attached hydrogen (secondary N) is 1. The average molecular weight is 234 g/mol. The predicted octanol–water partition coefficient (Wildman–Crippen LogP) is 1.34. The average Bonchev–Trinajstić information content (AvgIpc) is 2.27. The lowest BCUT2D eigenvalue weighted by Crippen LogP contribution is -2.48. The molecule has 0 unspecified atom stereocenters. The normalized spacial score (nSPS) is 17.3. The molecule has 4 heteroatoms. The highest BCUT2D eigenvalue weighted by Crippen LogP contribution is 2.25. The van der Waals surface area contributed by atoms with Gasteiger partial charge in [0.2, 0.25) is 0 Å². The Morgan fingerprint density at radius 1 is 1.53 bits per heavy atom. The number of ether oxygens (including phenoxy) is 1. The Hall–Kier alpha value is -1.55. The summed E-state index contributed by atoms with van der Waals surface area (Å²) in [6.45, 7) is 6.02. The van der Waals surface area contributed by atoms with Gasteiger partial charge in [0, 0.05) is 23.2 Å². The zero-order valence-corrected chi connectivity index (χ0v) is 10.2. The summed E-state index contributed by atoms with van der Waals surface area (Å²) in [5, 5.41) is 2.93. The fourth-order valence-electron chi connectivity index (χ4n) is 1.84. The lowest BCUT2D eigenvalue weighted by molar-refractivity contribution is -0.0978. The Morgan fingerprint density at radius 2 is 2.24 bits per heavy atom. The van der Waals surface area contributed by atoms with Crippen molar-refractivity contribution in [2.24, 2.45) is 5.41 Å². The van der Waals surface area contributed by atoms with E-state index in [1.165, 1.54) is 0 Å². The van der Waals surface area contributed by atoms with E-state index in [9.17, 15) is 4.79 Å². The Bertz CT molecular complexity index is 439. The second-order valence-electron chi connectivity index (χ2n) is 5.01. The monoisotopic (exact) mass is 234 g/mol. The van der Waals surface area contributed by atoms with Crippen molar-refractivity contribution in [3.8, 4) is 0 Å². The maximum atomic E-state index is 12.0. The van der Waals surface area contributed by atoms with Crippen LogP contribution in [0, 0.1) is 12.3 Å². The van der Waals surface area contributed by atoms with Crippen molar-refractivity contribution in [2.45, 2.75) is 13.8 Å². The van der Waals surface area contributed by atoms with Crippen LogP contribution in [0.15, 0.2) is 18.2 Å². The standard InChI is InChI=1S/C13H18N2O2/c1-9-10(4-3-5-11(9)14)12(16)15-6-13(2)7-17-8-13/h3-5H,6-8,14H2,1-2H3,(H,15,16). The number of carbonyl (C=O) groups excluding carboxylic acids is 1. The molecular formula is C13H18N2O2. The maximum absolute atomic E-state index is 12.0. The van der Waals surface area contributed by atoms with Crippen molar-refractivity contribution < 1.29 is 9.53 Å². The van der Waals surface area contributed by atoms with E-state index in [0.717, 1.165) is 5.56 Å². The van der Waals surface area contributed by atoms with Gasteiger partial charge in [-0.2, -0.15) is 0 Å². The van der Waals surface area contributed by atoms with Gasteiger partial charge in [-0.1, -0.05) is 13.0 Å². The molecule has 0 bridgehead atoms. The molecular weight excluding hydrogens is 216 g/mol. The van der Waals surface area contributed by atoms with Crippen LogP contribution in [0.2, 0.25) is 0 Å². The SMILES string of the molecule is Cc1c(N)cccc1C(=O)NCC1(C)COC1. The number of rotatable bonds is 3. The van der Waals surface area contributed by atoms with Gasteiger partial charge in [0.1, 0.15) is 0 Å². The summed E-state index contributed by atoms with van der Waals surface area (Å²) in [5.41, 5.74) is 7.99. The quantitative estimate of drug-likeness (QED) is 0.776. The van der Waals surface area contributed by atoms with Crippen LogP contribution in [-0.2, 0) is 4.74 Å². The molecule has 2 rings (SSSR count). The summed E-state index contributed by atoms with van der Waals surface area (Å²) < 4.78 is 5.15. The van der Waals surface area contributed by atoms with Gasteiger partial charge in [-0.3, -0.25) is 4.79 Å². The number of benzene rings is 1. The molecule has 0 aliphatic carbocycles. The van der Waals surface area contributed by atoms with Gasteiger partial charge in [-0.25, -0.2) is 0 Å². The van der Waals surface area contributed by atoms with Gasteiger partial charge in [-0.05, 0) is 24.6 Å². The van der Waals surface area contributed by atoms with Crippen LogP contribution in [0.1, 0.15) is 22.8 Å². The number of hydrogen-bond donors (Lipinski definition) is 2. The van der Waals surface area contributed by atoms with Crippen molar-refractivity contribution >= 4 is 11.6 Å². The van der Waals surface area contributed by atoms with Gasteiger partial charge >= 0.3 is 0 Å². The number of anilines is 1. The molecule has 17 heavy (non-hydrogen) atoms. The van der Waals surface area contributed by atoms with Crippen LogP contribution in [0.3, 0.4) is 0 Å². The van der Waals surface area contributed by atoms with Gasteiger partial charge in [0.25, 0.3) is 5.91 Å². The third-order valence-corrected chi connectivity index (χ3v) is 3.20. The molecule has 1 aliphatic rings. The minimum absolute atomic E-state index is 0.0667. The first kappa shape index (κ1) is 11.9. The molecule has 92 valence electrons. The number of nitrogens with two attached hydrogens (primary N) is 1. The summed E-state index contributed by atoms with van der Waals surface area (Å²) >= 11 is 0. The summed E-state index contributed by atoms with van der Waals surface area (Å²) in [4.78, 5) is 12.0. The fraction of sp³-hybridized carbons (Fsp3) is 0.462. The zero-order valence-electron chi connectivity index (χ0n) is 10.2. The highest BCUT2D eigenvalue weighted by molar-refractivity contribution is 5.96. The molecule has 0 aromatic heterocycles. The highest BCUT2D eigenvalue weighted by Gasteiger charge is 2.33. The van der Waals surface area contributed by atoms with Gasteiger partial charge in [0.15, 0.2) is 0 Å². The minimum atomic E-state index is -0.0667. The number of carbonyl (C=O) groups is 1. The van der Waals surface area contributed by atoms with Gasteiger partial charge in [-0.15, -0.1) is 0 Å². The van der Waals surface area contributed by atoms with Crippen molar-refractivity contribution in [3.05, 3.63) is 29.3 Å². The molecule has 1 aliphatic heterocycles. The van der Waals surface area contributed by atoms with Gasteiger partial charge in [0.05, 0.1) is 13.2 Å². The van der Waals surface area contributed by atoms with Crippen LogP contribution in [0.5, 0.6) is 0 Å². The van der Waals surface area contributed by atoms with Gasteiger partial charge < -0.3 is 15.8 Å². The van der Waals surface area contributed by atoms with E-state index in [2.05, 4.69) is 12.2 Å². The van der Waals surface area contributed by atoms with E-state index >= 15 is 0 Å². The first-order valence-corrected chi connectivity index (χ1v) is 5.73. The van der Waals surface area contributed by atoms with Crippen LogP contribution in [0.4, 0.5) is 5.69 Å². The Balaban J connectivity index is 2.02. The van der Waals surface area contributed by atoms with Crippen molar-refractivity contribution in [1.29, 1.82) is 0 Å². The number of amides is 1. The third-order valence-electron chi connectivity index (χ3n) is 3.20. The summed E-state index contributed by atoms with van der Waals surface area (Å²) in [5.74, 6) is -0.0667. The number of hydrogen-bond acceptors (Lipinski definition) is 3. The van der Waals surface area contributed by atoms with E-state index in [-0.39, 0.29) is 11.3 Å². The summed E-state index contributed by atoms with van der Waals surface area (Å²) in [7, 11) is 0.